The van der Waals surface area contributed by atoms with Crippen LogP contribution in [0.25, 0.3) is 0 Å². The summed E-state index contributed by atoms with van der Waals surface area (Å²) in [6.45, 7) is 9.00. The van der Waals surface area contributed by atoms with Crippen molar-refractivity contribution in [2.45, 2.75) is 64.2 Å². The monoisotopic (exact) mass is 314 g/mol. The summed E-state index contributed by atoms with van der Waals surface area (Å²) in [6.07, 6.45) is 13.5. The minimum atomic E-state index is 1.00. The van der Waals surface area contributed by atoms with Gasteiger partial charge in [-0.15, -0.1) is 0 Å². The van der Waals surface area contributed by atoms with Crippen LogP contribution in [0.3, 0.4) is 0 Å². The predicted octanol–water partition coefficient (Wildman–Crippen LogP) is 3.11. The zero-order valence-corrected chi connectivity index (χ0v) is 14.5. The fourth-order valence-corrected chi connectivity index (χ4v) is 2.62. The number of hydrogen-bond donors (Lipinski definition) is 2. The van der Waals surface area contributed by atoms with E-state index in [2.05, 4.69) is 10.6 Å². The lowest BCUT2D eigenvalue weighted by Crippen LogP contribution is -2.21. The van der Waals surface area contributed by atoms with E-state index >= 15 is 0 Å². The van der Waals surface area contributed by atoms with Gasteiger partial charge in [-0.3, -0.25) is 0 Å². The minimum Gasteiger partial charge on any atom is -0.381 e. The molecule has 0 saturated carbocycles. The van der Waals surface area contributed by atoms with Crippen LogP contribution in [0.4, 0.5) is 0 Å². The van der Waals surface area contributed by atoms with Crippen molar-refractivity contribution in [2.24, 2.45) is 0 Å². The highest BCUT2D eigenvalue weighted by Crippen LogP contribution is 2.02. The van der Waals surface area contributed by atoms with Gasteiger partial charge in [0.15, 0.2) is 0 Å². The Kier molecular flexibility index (Phi) is 15.5. The minimum absolute atomic E-state index is 1.00. The number of piperidine rings is 1. The van der Waals surface area contributed by atoms with Gasteiger partial charge in [-0.1, -0.05) is 6.42 Å². The molecule has 0 amide bonds. The first-order chi connectivity index (χ1) is 11.0. The van der Waals surface area contributed by atoms with Crippen molar-refractivity contribution in [3.63, 3.8) is 0 Å². The summed E-state index contributed by atoms with van der Waals surface area (Å²) in [7, 11) is 0. The molecular formula is C18H38N2O2. The number of hydrogen-bond acceptors (Lipinski definition) is 4. The molecule has 4 saturated heterocycles. The molecule has 4 rings (SSSR count). The first-order valence-corrected chi connectivity index (χ1v) is 9.57. The van der Waals surface area contributed by atoms with E-state index in [0.717, 1.165) is 26.4 Å². The number of ether oxygens (including phenoxy) is 2. The highest BCUT2D eigenvalue weighted by atomic mass is 16.5. The smallest absolute Gasteiger partial charge is 0.0466 e. The average molecular weight is 315 g/mol. The van der Waals surface area contributed by atoms with Gasteiger partial charge in [0.25, 0.3) is 0 Å². The van der Waals surface area contributed by atoms with E-state index in [1.807, 2.05) is 0 Å². The van der Waals surface area contributed by atoms with Gasteiger partial charge in [-0.2, -0.15) is 0 Å². The Morgan fingerprint density at radius 2 is 0.682 bits per heavy atom. The van der Waals surface area contributed by atoms with Crippen LogP contribution >= 0.6 is 0 Å². The van der Waals surface area contributed by atoms with Crippen molar-refractivity contribution in [3.05, 3.63) is 0 Å². The van der Waals surface area contributed by atoms with Gasteiger partial charge < -0.3 is 20.1 Å². The van der Waals surface area contributed by atoms with Gasteiger partial charge in [0.05, 0.1) is 0 Å². The van der Waals surface area contributed by atoms with Gasteiger partial charge in [0.2, 0.25) is 0 Å². The van der Waals surface area contributed by atoms with Crippen LogP contribution in [0.5, 0.6) is 0 Å². The summed E-state index contributed by atoms with van der Waals surface area (Å²) in [4.78, 5) is 0. The van der Waals surface area contributed by atoms with Crippen LogP contribution < -0.4 is 10.6 Å². The van der Waals surface area contributed by atoms with Crippen molar-refractivity contribution < 1.29 is 9.47 Å². The van der Waals surface area contributed by atoms with Crippen molar-refractivity contribution in [1.82, 2.24) is 10.6 Å². The Morgan fingerprint density at radius 1 is 0.364 bits per heavy atom. The summed E-state index contributed by atoms with van der Waals surface area (Å²) in [6, 6.07) is 0. The predicted molar refractivity (Wildman–Crippen MR) is 93.5 cm³/mol. The van der Waals surface area contributed by atoms with Crippen molar-refractivity contribution in [2.75, 3.05) is 52.6 Å². The molecule has 0 aliphatic carbocycles. The van der Waals surface area contributed by atoms with Gasteiger partial charge in [0.1, 0.15) is 0 Å². The SMILES string of the molecule is C1CCNC1.C1CCNCC1.C1CCOC1.C1CCOCC1. The highest BCUT2D eigenvalue weighted by molar-refractivity contribution is 4.56. The van der Waals surface area contributed by atoms with Gasteiger partial charge >= 0.3 is 0 Å². The van der Waals surface area contributed by atoms with E-state index in [9.17, 15) is 0 Å². The standard InChI is InChI=1S/C5H11N.C5H10O.C4H9N.C4H8O/c2*1-2-4-6-5-3-1;2*1-2-4-5-3-1/h6H,1-5H2;1-5H2;5H,1-4H2;1-4H2. The fourth-order valence-electron chi connectivity index (χ4n) is 2.62. The maximum absolute atomic E-state index is 5.07. The maximum atomic E-state index is 5.07. The molecule has 0 aromatic rings. The first kappa shape index (κ1) is 19.9. The molecule has 132 valence electrons. The van der Waals surface area contributed by atoms with Crippen LogP contribution in [0.1, 0.15) is 64.2 Å². The van der Waals surface area contributed by atoms with E-state index in [1.165, 1.54) is 90.4 Å². The molecule has 2 N–H and O–H groups in total. The van der Waals surface area contributed by atoms with E-state index in [0.29, 0.717) is 0 Å². The molecule has 4 aliphatic heterocycles. The Labute approximate surface area is 137 Å². The van der Waals surface area contributed by atoms with E-state index in [-0.39, 0.29) is 0 Å². The lowest BCUT2D eigenvalue weighted by molar-refractivity contribution is 0.0968. The molecule has 4 nitrogen and oxygen atoms in total. The summed E-state index contributed by atoms with van der Waals surface area (Å²) >= 11 is 0. The molecule has 4 fully saturated rings. The summed E-state index contributed by atoms with van der Waals surface area (Å²) in [5, 5.41) is 6.51. The molecule has 0 atom stereocenters. The highest BCUT2D eigenvalue weighted by Gasteiger charge is 1.96. The summed E-state index contributed by atoms with van der Waals surface area (Å²) in [5.41, 5.74) is 0. The van der Waals surface area contributed by atoms with Gasteiger partial charge in [0, 0.05) is 26.4 Å². The first-order valence-electron chi connectivity index (χ1n) is 9.57. The van der Waals surface area contributed by atoms with Crippen LogP contribution in [0.15, 0.2) is 0 Å². The molecule has 0 bridgehead atoms. The van der Waals surface area contributed by atoms with Crippen molar-refractivity contribution >= 4 is 0 Å². The molecule has 0 unspecified atom stereocenters. The normalized spacial score (nSPS) is 24.0. The molecule has 0 radical (unpaired) electrons. The van der Waals surface area contributed by atoms with E-state index in [4.69, 9.17) is 9.47 Å². The van der Waals surface area contributed by atoms with Crippen LogP contribution in [0, 0.1) is 0 Å². The summed E-state index contributed by atoms with van der Waals surface area (Å²) < 4.78 is 10.0. The third-order valence-electron chi connectivity index (χ3n) is 4.07. The molecular weight excluding hydrogens is 276 g/mol. The molecule has 0 aromatic heterocycles. The fraction of sp³-hybridized carbons (Fsp3) is 1.00. The molecule has 4 aliphatic rings. The maximum Gasteiger partial charge on any atom is 0.0466 e. The van der Waals surface area contributed by atoms with Gasteiger partial charge in [-0.25, -0.2) is 0 Å². The molecule has 0 aromatic carbocycles. The Hall–Kier alpha value is -0.160. The third-order valence-corrected chi connectivity index (χ3v) is 4.07. The molecule has 4 heteroatoms. The topological polar surface area (TPSA) is 42.5 Å². The summed E-state index contributed by atoms with van der Waals surface area (Å²) in [5.74, 6) is 0. The average Bonchev–Trinajstić information content (AvgIpc) is 3.37. The van der Waals surface area contributed by atoms with E-state index < -0.39 is 0 Å². The zero-order chi connectivity index (χ0) is 15.6. The number of nitrogens with one attached hydrogen (secondary N) is 2. The lowest BCUT2D eigenvalue weighted by atomic mass is 10.2. The van der Waals surface area contributed by atoms with Crippen LogP contribution in [-0.4, -0.2) is 52.6 Å². The second kappa shape index (κ2) is 17.2. The Balaban J connectivity index is 0.000000147. The molecule has 4 heterocycles. The second-order valence-electron chi connectivity index (χ2n) is 6.26. The molecule has 0 spiro atoms. The van der Waals surface area contributed by atoms with Crippen LogP contribution in [0.2, 0.25) is 0 Å². The molecule has 22 heavy (non-hydrogen) atoms. The zero-order valence-electron chi connectivity index (χ0n) is 14.5. The quantitative estimate of drug-likeness (QED) is 0.721. The third kappa shape index (κ3) is 14.8. The largest absolute Gasteiger partial charge is 0.381 e. The second-order valence-corrected chi connectivity index (χ2v) is 6.26. The van der Waals surface area contributed by atoms with Crippen molar-refractivity contribution in [3.8, 4) is 0 Å². The van der Waals surface area contributed by atoms with Crippen LogP contribution in [-0.2, 0) is 9.47 Å². The van der Waals surface area contributed by atoms with E-state index in [1.54, 1.807) is 0 Å². The van der Waals surface area contributed by atoms with Gasteiger partial charge in [-0.05, 0) is 84.0 Å². The Bertz CT molecular complexity index is 139. The number of rotatable bonds is 0. The lowest BCUT2D eigenvalue weighted by Gasteiger charge is -2.08. The van der Waals surface area contributed by atoms with Crippen molar-refractivity contribution in [1.29, 1.82) is 0 Å². The Morgan fingerprint density at radius 3 is 0.864 bits per heavy atom.